The van der Waals surface area contributed by atoms with Gasteiger partial charge in [-0.25, -0.2) is 0 Å². The lowest BCUT2D eigenvalue weighted by molar-refractivity contribution is 0.331. The average Bonchev–Trinajstić information content (AvgIpc) is 2.35. The van der Waals surface area contributed by atoms with Gasteiger partial charge >= 0.3 is 0 Å². The molecule has 4 nitrogen and oxygen atoms in total. The van der Waals surface area contributed by atoms with Crippen LogP contribution in [-0.4, -0.2) is 16.8 Å². The van der Waals surface area contributed by atoms with Crippen LogP contribution in [0.4, 0.5) is 0 Å². The van der Waals surface area contributed by atoms with Crippen LogP contribution in [0.25, 0.3) is 0 Å². The van der Waals surface area contributed by atoms with Crippen molar-refractivity contribution in [2.75, 3.05) is 6.61 Å². The number of hydrogen-bond acceptors (Lipinski definition) is 4. The first-order valence-corrected chi connectivity index (χ1v) is 3.62. The zero-order valence-corrected chi connectivity index (χ0v) is 6.32. The van der Waals surface area contributed by atoms with Crippen molar-refractivity contribution < 1.29 is 14.9 Å². The molecule has 1 atom stereocenters. The van der Waals surface area contributed by atoms with Crippen molar-refractivity contribution in [1.82, 2.24) is 0 Å². The Hall–Kier alpha value is -1.42. The smallest absolute Gasteiger partial charge is 0.161 e. The maximum absolute atomic E-state index is 9.14. The van der Waals surface area contributed by atoms with Crippen molar-refractivity contribution in [2.45, 2.75) is 6.04 Å². The molecule has 0 fully saturated rings. The lowest BCUT2D eigenvalue weighted by Crippen LogP contribution is -2.10. The molecule has 0 amide bonds. The summed E-state index contributed by atoms with van der Waals surface area (Å²) in [4.78, 5) is 0. The summed E-state index contributed by atoms with van der Waals surface area (Å²) < 4.78 is 5.15. The molecular formula is C8H9NO3. The zero-order valence-electron chi connectivity index (χ0n) is 6.32. The van der Waals surface area contributed by atoms with Crippen LogP contribution in [0.3, 0.4) is 0 Å². The molecule has 0 saturated heterocycles. The number of ether oxygens (including phenoxy) is 1. The average molecular weight is 167 g/mol. The van der Waals surface area contributed by atoms with Gasteiger partial charge in [-0.2, -0.15) is 0 Å². The van der Waals surface area contributed by atoms with Crippen LogP contribution in [-0.2, 0) is 0 Å². The van der Waals surface area contributed by atoms with Crippen LogP contribution in [0.5, 0.6) is 17.2 Å². The summed E-state index contributed by atoms with van der Waals surface area (Å²) in [6.07, 6.45) is 0. The molecule has 2 rings (SSSR count). The van der Waals surface area contributed by atoms with Gasteiger partial charge in [-0.15, -0.1) is 0 Å². The molecule has 4 heteroatoms. The van der Waals surface area contributed by atoms with Gasteiger partial charge in [0.2, 0.25) is 0 Å². The van der Waals surface area contributed by atoms with Crippen LogP contribution in [0.2, 0.25) is 0 Å². The third-order valence-corrected chi connectivity index (χ3v) is 1.92. The molecule has 0 aromatic heterocycles. The lowest BCUT2D eigenvalue weighted by atomic mass is 10.1. The minimum absolute atomic E-state index is 0.158. The molecule has 4 N–H and O–H groups in total. The second kappa shape index (κ2) is 2.28. The van der Waals surface area contributed by atoms with E-state index >= 15 is 0 Å². The number of phenolic OH excluding ortho intramolecular Hbond substituents is 2. The summed E-state index contributed by atoms with van der Waals surface area (Å²) in [5.74, 6) is 0.218. The Morgan fingerprint density at radius 2 is 2.00 bits per heavy atom. The summed E-state index contributed by atoms with van der Waals surface area (Å²) in [6, 6.07) is 2.60. The first-order valence-electron chi connectivity index (χ1n) is 3.62. The lowest BCUT2D eigenvalue weighted by Gasteiger charge is -2.02. The molecule has 0 radical (unpaired) electrons. The summed E-state index contributed by atoms with van der Waals surface area (Å²) >= 11 is 0. The van der Waals surface area contributed by atoms with E-state index in [-0.39, 0.29) is 17.5 Å². The van der Waals surface area contributed by atoms with E-state index in [0.717, 1.165) is 5.56 Å². The van der Waals surface area contributed by atoms with Gasteiger partial charge in [0.15, 0.2) is 11.5 Å². The Bertz CT molecular complexity index is 324. The second-order valence-corrected chi connectivity index (χ2v) is 2.80. The van der Waals surface area contributed by atoms with Crippen molar-refractivity contribution in [3.05, 3.63) is 17.7 Å². The third kappa shape index (κ3) is 0.887. The van der Waals surface area contributed by atoms with E-state index in [1.165, 1.54) is 12.1 Å². The van der Waals surface area contributed by atoms with E-state index in [2.05, 4.69) is 0 Å². The van der Waals surface area contributed by atoms with Crippen LogP contribution < -0.4 is 10.5 Å². The van der Waals surface area contributed by atoms with Crippen molar-refractivity contribution >= 4 is 0 Å². The van der Waals surface area contributed by atoms with Crippen LogP contribution in [0, 0.1) is 0 Å². The van der Waals surface area contributed by atoms with Crippen LogP contribution in [0.1, 0.15) is 11.6 Å². The highest BCUT2D eigenvalue weighted by atomic mass is 16.5. The zero-order chi connectivity index (χ0) is 8.72. The molecule has 1 aliphatic rings. The van der Waals surface area contributed by atoms with Crippen molar-refractivity contribution in [3.8, 4) is 17.2 Å². The summed E-state index contributed by atoms with van der Waals surface area (Å²) in [6.45, 7) is 0.401. The van der Waals surface area contributed by atoms with E-state index in [9.17, 15) is 0 Å². The fourth-order valence-corrected chi connectivity index (χ4v) is 1.26. The van der Waals surface area contributed by atoms with Gasteiger partial charge in [0, 0.05) is 11.6 Å². The Morgan fingerprint density at radius 3 is 2.75 bits per heavy atom. The van der Waals surface area contributed by atoms with Gasteiger partial charge in [-0.3, -0.25) is 0 Å². The van der Waals surface area contributed by atoms with Crippen LogP contribution >= 0.6 is 0 Å². The second-order valence-electron chi connectivity index (χ2n) is 2.80. The molecule has 1 aromatic rings. The van der Waals surface area contributed by atoms with Crippen molar-refractivity contribution in [1.29, 1.82) is 0 Å². The Labute approximate surface area is 69.2 Å². The van der Waals surface area contributed by atoms with Crippen molar-refractivity contribution in [2.24, 2.45) is 5.73 Å². The Balaban J connectivity index is 2.56. The fourth-order valence-electron chi connectivity index (χ4n) is 1.26. The van der Waals surface area contributed by atoms with Crippen molar-refractivity contribution in [3.63, 3.8) is 0 Å². The molecule has 12 heavy (non-hydrogen) atoms. The molecule has 1 aliphatic heterocycles. The molecule has 0 spiro atoms. The number of aromatic hydroxyl groups is 2. The minimum atomic E-state index is -0.202. The van der Waals surface area contributed by atoms with E-state index in [1.807, 2.05) is 0 Å². The van der Waals surface area contributed by atoms with Gasteiger partial charge in [-0.05, 0) is 6.07 Å². The monoisotopic (exact) mass is 167 g/mol. The number of benzene rings is 1. The number of fused-ring (bicyclic) bond motifs is 1. The topological polar surface area (TPSA) is 75.7 Å². The third-order valence-electron chi connectivity index (χ3n) is 1.92. The number of rotatable bonds is 0. The molecule has 0 aliphatic carbocycles. The molecule has 64 valence electrons. The molecule has 1 aromatic carbocycles. The summed E-state index contributed by atoms with van der Waals surface area (Å²) in [7, 11) is 0. The minimum Gasteiger partial charge on any atom is -0.504 e. The van der Waals surface area contributed by atoms with E-state index in [4.69, 9.17) is 20.7 Å². The van der Waals surface area contributed by atoms with E-state index in [1.54, 1.807) is 0 Å². The number of phenols is 2. The van der Waals surface area contributed by atoms with Gasteiger partial charge in [0.1, 0.15) is 12.4 Å². The Morgan fingerprint density at radius 1 is 1.33 bits per heavy atom. The molecule has 0 unspecified atom stereocenters. The summed E-state index contributed by atoms with van der Waals surface area (Å²) in [5.41, 5.74) is 6.39. The number of nitrogens with two attached hydrogens (primary N) is 1. The Kier molecular flexibility index (Phi) is 1.38. The van der Waals surface area contributed by atoms with Gasteiger partial charge < -0.3 is 20.7 Å². The first kappa shape index (κ1) is 7.24. The van der Waals surface area contributed by atoms with Gasteiger partial charge in [0.05, 0.1) is 6.04 Å². The highest BCUT2D eigenvalue weighted by Gasteiger charge is 2.22. The SMILES string of the molecule is N[C@H]1COc2cc(O)c(O)cc21. The molecule has 0 bridgehead atoms. The number of hydrogen-bond donors (Lipinski definition) is 3. The highest BCUT2D eigenvalue weighted by molar-refractivity contribution is 5.51. The van der Waals surface area contributed by atoms with Gasteiger partial charge in [0.25, 0.3) is 0 Å². The first-order chi connectivity index (χ1) is 5.68. The normalized spacial score (nSPS) is 20.2. The molecular weight excluding hydrogens is 158 g/mol. The molecule has 0 saturated carbocycles. The van der Waals surface area contributed by atoms with Gasteiger partial charge in [-0.1, -0.05) is 0 Å². The maximum Gasteiger partial charge on any atom is 0.161 e. The highest BCUT2D eigenvalue weighted by Crippen LogP contribution is 2.38. The fraction of sp³-hybridized carbons (Fsp3) is 0.250. The summed E-state index contributed by atoms with van der Waals surface area (Å²) in [5, 5.41) is 18.2. The predicted octanol–water partition coefficient (Wildman–Crippen LogP) is 0.490. The maximum atomic E-state index is 9.14. The van der Waals surface area contributed by atoms with Crippen LogP contribution in [0.15, 0.2) is 12.1 Å². The quantitative estimate of drug-likeness (QED) is 0.491. The van der Waals surface area contributed by atoms with E-state index in [0.29, 0.717) is 12.4 Å². The van der Waals surface area contributed by atoms with E-state index < -0.39 is 0 Å². The predicted molar refractivity (Wildman–Crippen MR) is 42.2 cm³/mol. The molecule has 1 heterocycles. The standard InChI is InChI=1S/C8H9NO3/c9-5-3-12-8-2-7(11)6(10)1-4(5)8/h1-2,5,10-11H,3,9H2/t5-/m0/s1. The largest absolute Gasteiger partial charge is 0.504 e.